The molecule has 1 amide bonds. The van der Waals surface area contributed by atoms with Gasteiger partial charge in [-0.3, -0.25) is 14.9 Å². The van der Waals surface area contributed by atoms with Crippen molar-refractivity contribution in [2.75, 3.05) is 20.3 Å². The highest BCUT2D eigenvalue weighted by molar-refractivity contribution is 6.34. The zero-order valence-electron chi connectivity index (χ0n) is 13.1. The van der Waals surface area contributed by atoms with Gasteiger partial charge in [0.15, 0.2) is 0 Å². The molecule has 0 spiro atoms. The van der Waals surface area contributed by atoms with Crippen LogP contribution >= 0.6 is 11.6 Å². The first-order valence-electron chi connectivity index (χ1n) is 7.29. The molecule has 6 nitrogen and oxygen atoms in total. The van der Waals surface area contributed by atoms with E-state index in [2.05, 4.69) is 0 Å². The molecule has 7 heteroatoms. The van der Waals surface area contributed by atoms with Crippen molar-refractivity contribution in [1.82, 2.24) is 4.90 Å². The molecule has 0 aliphatic carbocycles. The largest absolute Gasteiger partial charge is 0.383 e. The summed E-state index contributed by atoms with van der Waals surface area (Å²) in [7, 11) is 1.56. The Morgan fingerprint density at radius 2 is 1.96 bits per heavy atom. The second-order valence-electron chi connectivity index (χ2n) is 5.13. The van der Waals surface area contributed by atoms with Gasteiger partial charge in [-0.25, -0.2) is 0 Å². The molecular formula is C17H17ClN2O4. The fourth-order valence-corrected chi connectivity index (χ4v) is 2.47. The van der Waals surface area contributed by atoms with Crippen LogP contribution in [-0.2, 0) is 11.3 Å². The van der Waals surface area contributed by atoms with E-state index in [1.165, 1.54) is 18.2 Å². The zero-order valence-corrected chi connectivity index (χ0v) is 13.9. The number of halogens is 1. The predicted octanol–water partition coefficient (Wildman–Crippen LogP) is 3.54. The van der Waals surface area contributed by atoms with E-state index in [4.69, 9.17) is 16.3 Å². The van der Waals surface area contributed by atoms with E-state index in [1.54, 1.807) is 12.0 Å². The topological polar surface area (TPSA) is 72.7 Å². The molecule has 24 heavy (non-hydrogen) atoms. The summed E-state index contributed by atoms with van der Waals surface area (Å²) in [5, 5.41) is 10.8. The molecule has 0 heterocycles. The molecule has 0 aromatic heterocycles. The van der Waals surface area contributed by atoms with Crippen LogP contribution in [0.4, 0.5) is 5.69 Å². The van der Waals surface area contributed by atoms with E-state index < -0.39 is 4.92 Å². The monoisotopic (exact) mass is 348 g/mol. The van der Waals surface area contributed by atoms with E-state index in [1.807, 2.05) is 30.3 Å². The number of hydrogen-bond acceptors (Lipinski definition) is 4. The van der Waals surface area contributed by atoms with Crippen molar-refractivity contribution in [3.8, 4) is 0 Å². The molecule has 0 N–H and O–H groups in total. The predicted molar refractivity (Wildman–Crippen MR) is 91.2 cm³/mol. The lowest BCUT2D eigenvalue weighted by Gasteiger charge is -2.23. The highest BCUT2D eigenvalue weighted by Crippen LogP contribution is 2.24. The fourth-order valence-electron chi connectivity index (χ4n) is 2.22. The Morgan fingerprint density at radius 3 is 2.54 bits per heavy atom. The number of rotatable bonds is 7. The maximum atomic E-state index is 12.8. The lowest BCUT2D eigenvalue weighted by Crippen LogP contribution is -2.33. The second-order valence-corrected chi connectivity index (χ2v) is 5.53. The van der Waals surface area contributed by atoms with Crippen molar-refractivity contribution in [1.29, 1.82) is 0 Å². The van der Waals surface area contributed by atoms with Gasteiger partial charge in [-0.05, 0) is 11.6 Å². The summed E-state index contributed by atoms with van der Waals surface area (Å²) in [6.45, 7) is 1.16. The lowest BCUT2D eigenvalue weighted by atomic mass is 10.1. The molecule has 0 aliphatic heterocycles. The number of hydrogen-bond donors (Lipinski definition) is 0. The number of nitro benzene ring substituents is 1. The second kappa shape index (κ2) is 8.42. The quantitative estimate of drug-likeness (QED) is 0.566. The van der Waals surface area contributed by atoms with E-state index in [0.29, 0.717) is 19.7 Å². The number of nitrogens with zero attached hydrogens (tertiary/aromatic N) is 2. The van der Waals surface area contributed by atoms with Crippen molar-refractivity contribution in [2.24, 2.45) is 0 Å². The molecule has 2 aromatic carbocycles. The van der Waals surface area contributed by atoms with Crippen LogP contribution in [0.2, 0.25) is 5.02 Å². The molecule has 0 saturated carbocycles. The molecule has 0 atom stereocenters. The number of methoxy groups -OCH3 is 1. The average molecular weight is 349 g/mol. The number of amides is 1. The Bertz CT molecular complexity index is 722. The number of non-ortho nitro benzene ring substituents is 1. The third kappa shape index (κ3) is 4.53. The van der Waals surface area contributed by atoms with Crippen LogP contribution in [0, 0.1) is 10.1 Å². The summed E-state index contributed by atoms with van der Waals surface area (Å²) < 4.78 is 5.06. The minimum atomic E-state index is -0.549. The summed E-state index contributed by atoms with van der Waals surface area (Å²) in [6.07, 6.45) is 0. The Labute approximate surface area is 144 Å². The van der Waals surface area contributed by atoms with Crippen molar-refractivity contribution in [3.63, 3.8) is 0 Å². The van der Waals surface area contributed by atoms with Crippen LogP contribution in [0.25, 0.3) is 0 Å². The van der Waals surface area contributed by atoms with Crippen molar-refractivity contribution >= 4 is 23.2 Å². The molecule has 0 radical (unpaired) electrons. The first-order valence-corrected chi connectivity index (χ1v) is 7.67. The van der Waals surface area contributed by atoms with E-state index in [0.717, 1.165) is 5.56 Å². The molecule has 2 rings (SSSR count). The van der Waals surface area contributed by atoms with Crippen LogP contribution in [0.3, 0.4) is 0 Å². The smallest absolute Gasteiger partial charge is 0.270 e. The number of benzene rings is 2. The van der Waals surface area contributed by atoms with E-state index in [9.17, 15) is 14.9 Å². The van der Waals surface area contributed by atoms with Gasteiger partial charge in [-0.1, -0.05) is 41.9 Å². The fraction of sp³-hybridized carbons (Fsp3) is 0.235. The van der Waals surface area contributed by atoms with Gasteiger partial charge < -0.3 is 9.64 Å². The lowest BCUT2D eigenvalue weighted by molar-refractivity contribution is -0.384. The summed E-state index contributed by atoms with van der Waals surface area (Å²) >= 11 is 6.07. The number of nitro groups is 1. The highest BCUT2D eigenvalue weighted by Gasteiger charge is 2.20. The summed E-state index contributed by atoms with van der Waals surface area (Å²) in [5.41, 5.74) is 1.05. The molecule has 0 unspecified atom stereocenters. The molecule has 126 valence electrons. The Hall–Kier alpha value is -2.44. The van der Waals surface area contributed by atoms with Gasteiger partial charge in [0, 0.05) is 32.3 Å². The Kier molecular flexibility index (Phi) is 6.28. The molecule has 0 bridgehead atoms. The molecular weight excluding hydrogens is 332 g/mol. The zero-order chi connectivity index (χ0) is 17.5. The van der Waals surface area contributed by atoms with Gasteiger partial charge in [0.25, 0.3) is 11.6 Å². The maximum absolute atomic E-state index is 12.8. The van der Waals surface area contributed by atoms with Gasteiger partial charge in [0.2, 0.25) is 0 Å². The van der Waals surface area contributed by atoms with Crippen LogP contribution < -0.4 is 0 Å². The normalized spacial score (nSPS) is 10.4. The standard InChI is InChI=1S/C17H17ClN2O4/c1-24-10-9-19(12-13-5-3-2-4-6-13)17(21)15-8-7-14(20(22)23)11-16(15)18/h2-8,11H,9-10,12H2,1H3. The first kappa shape index (κ1) is 17.9. The Morgan fingerprint density at radius 1 is 1.25 bits per heavy atom. The van der Waals surface area contributed by atoms with Gasteiger partial charge in [-0.2, -0.15) is 0 Å². The van der Waals surface area contributed by atoms with Gasteiger partial charge in [0.1, 0.15) is 0 Å². The third-order valence-corrected chi connectivity index (χ3v) is 3.78. The van der Waals surface area contributed by atoms with Crippen LogP contribution in [0.5, 0.6) is 0 Å². The SMILES string of the molecule is COCCN(Cc1ccccc1)C(=O)c1ccc([N+](=O)[O-])cc1Cl. The number of carbonyl (C=O) groups excluding carboxylic acids is 1. The van der Waals surface area contributed by atoms with Crippen LogP contribution in [0.1, 0.15) is 15.9 Å². The average Bonchev–Trinajstić information content (AvgIpc) is 2.58. The minimum Gasteiger partial charge on any atom is -0.383 e. The van der Waals surface area contributed by atoms with E-state index in [-0.39, 0.29) is 22.2 Å². The summed E-state index contributed by atoms with van der Waals surface area (Å²) in [5.74, 6) is -0.296. The van der Waals surface area contributed by atoms with Crippen LogP contribution in [-0.4, -0.2) is 36.0 Å². The highest BCUT2D eigenvalue weighted by atomic mass is 35.5. The summed E-state index contributed by atoms with van der Waals surface area (Å²) in [4.78, 5) is 24.6. The maximum Gasteiger partial charge on any atom is 0.270 e. The van der Waals surface area contributed by atoms with Crippen molar-refractivity contribution in [3.05, 3.63) is 74.8 Å². The van der Waals surface area contributed by atoms with Gasteiger partial charge in [0.05, 0.1) is 22.1 Å². The Balaban J connectivity index is 2.25. The van der Waals surface area contributed by atoms with Crippen LogP contribution in [0.15, 0.2) is 48.5 Å². The van der Waals surface area contributed by atoms with Crippen molar-refractivity contribution in [2.45, 2.75) is 6.54 Å². The molecule has 0 fully saturated rings. The first-order chi connectivity index (χ1) is 11.5. The third-order valence-electron chi connectivity index (χ3n) is 3.46. The van der Waals surface area contributed by atoms with Gasteiger partial charge >= 0.3 is 0 Å². The summed E-state index contributed by atoms with van der Waals surface area (Å²) in [6, 6.07) is 13.4. The molecule has 2 aromatic rings. The number of ether oxygens (including phenoxy) is 1. The van der Waals surface area contributed by atoms with Gasteiger partial charge in [-0.15, -0.1) is 0 Å². The van der Waals surface area contributed by atoms with E-state index >= 15 is 0 Å². The van der Waals surface area contributed by atoms with Crippen molar-refractivity contribution < 1.29 is 14.5 Å². The minimum absolute atomic E-state index is 0.0599. The molecule has 0 saturated heterocycles. The number of carbonyl (C=O) groups is 1. The molecule has 0 aliphatic rings.